The van der Waals surface area contributed by atoms with Crippen molar-refractivity contribution in [2.24, 2.45) is 4.99 Å². The van der Waals surface area contributed by atoms with Crippen LogP contribution in [0.2, 0.25) is 0 Å². The minimum Gasteiger partial charge on any atom is -0.372 e. The summed E-state index contributed by atoms with van der Waals surface area (Å²) in [6.07, 6.45) is 0. The molecule has 1 amide bonds. The van der Waals surface area contributed by atoms with Crippen molar-refractivity contribution < 1.29 is 4.79 Å². The quantitative estimate of drug-likeness (QED) is 0.574. The predicted molar refractivity (Wildman–Crippen MR) is 130 cm³/mol. The fourth-order valence-electron chi connectivity index (χ4n) is 3.64. The van der Waals surface area contributed by atoms with Crippen LogP contribution in [-0.4, -0.2) is 42.7 Å². The number of likely N-dealkylation sites (N-methyl/N-ethyl adjacent to an activating group) is 1. The lowest BCUT2D eigenvalue weighted by atomic mass is 10.2. The Morgan fingerprint density at radius 1 is 0.967 bits per heavy atom. The summed E-state index contributed by atoms with van der Waals surface area (Å²) in [5.74, 6) is 0.0307. The van der Waals surface area contributed by atoms with Crippen molar-refractivity contribution in [3.63, 3.8) is 0 Å². The van der Waals surface area contributed by atoms with Crippen molar-refractivity contribution in [2.45, 2.75) is 25.7 Å². The summed E-state index contributed by atoms with van der Waals surface area (Å²) in [5.41, 5.74) is 3.19. The number of carbonyl (C=O) groups excluding carboxylic acids is 1. The lowest BCUT2D eigenvalue weighted by Gasteiger charge is -2.20. The van der Waals surface area contributed by atoms with Gasteiger partial charge in [0.2, 0.25) is 0 Å². The highest BCUT2D eigenvalue weighted by Crippen LogP contribution is 2.49. The van der Waals surface area contributed by atoms with Gasteiger partial charge in [0.15, 0.2) is 5.17 Å². The van der Waals surface area contributed by atoms with E-state index in [1.807, 2.05) is 38.2 Å². The first kappa shape index (κ1) is 20.9. The van der Waals surface area contributed by atoms with Gasteiger partial charge in [0, 0.05) is 37.3 Å². The molecule has 0 aromatic heterocycles. The monoisotopic (exact) mass is 438 g/mol. The lowest BCUT2D eigenvalue weighted by Crippen LogP contribution is -2.29. The van der Waals surface area contributed by atoms with Gasteiger partial charge in [-0.05, 0) is 68.9 Å². The second-order valence-electron chi connectivity index (χ2n) is 7.00. The van der Waals surface area contributed by atoms with E-state index < -0.39 is 0 Å². The molecule has 0 N–H and O–H groups in total. The number of amides is 1. The highest BCUT2D eigenvalue weighted by atomic mass is 32.2. The first-order valence-corrected chi connectivity index (χ1v) is 11.9. The molecule has 2 aromatic rings. The van der Waals surface area contributed by atoms with Gasteiger partial charge in [-0.25, -0.2) is 4.99 Å². The Bertz CT molecular complexity index is 1010. The molecular formula is C23H26N4OS2. The SMILES string of the molecule is CCN1C(=O)C(=C2Sc3ccccc3N2C)SC1=Nc1ccc(N(CC)CC)cc1. The highest BCUT2D eigenvalue weighted by Gasteiger charge is 2.38. The normalized spacial score (nSPS) is 19.7. The maximum atomic E-state index is 13.2. The molecule has 2 heterocycles. The van der Waals surface area contributed by atoms with Gasteiger partial charge in [-0.2, -0.15) is 0 Å². The highest BCUT2D eigenvalue weighted by molar-refractivity contribution is 8.19. The van der Waals surface area contributed by atoms with Crippen LogP contribution in [0.3, 0.4) is 0 Å². The third-order valence-electron chi connectivity index (χ3n) is 5.32. The maximum absolute atomic E-state index is 13.2. The predicted octanol–water partition coefficient (Wildman–Crippen LogP) is 5.53. The molecule has 0 aliphatic carbocycles. The summed E-state index contributed by atoms with van der Waals surface area (Å²) in [5, 5.41) is 1.72. The second kappa shape index (κ2) is 8.78. The van der Waals surface area contributed by atoms with Crippen molar-refractivity contribution in [1.29, 1.82) is 0 Å². The largest absolute Gasteiger partial charge is 0.372 e. The zero-order valence-corrected chi connectivity index (χ0v) is 19.4. The Morgan fingerprint density at radius 3 is 2.30 bits per heavy atom. The van der Waals surface area contributed by atoms with Gasteiger partial charge >= 0.3 is 0 Å². The molecule has 0 unspecified atom stereocenters. The van der Waals surface area contributed by atoms with Crippen molar-refractivity contribution in [1.82, 2.24) is 4.90 Å². The molecule has 2 aromatic carbocycles. The van der Waals surface area contributed by atoms with Crippen LogP contribution < -0.4 is 9.80 Å². The van der Waals surface area contributed by atoms with E-state index in [0.29, 0.717) is 6.54 Å². The van der Waals surface area contributed by atoms with Crippen LogP contribution in [0, 0.1) is 0 Å². The van der Waals surface area contributed by atoms with E-state index in [-0.39, 0.29) is 5.91 Å². The van der Waals surface area contributed by atoms with Gasteiger partial charge in [-0.1, -0.05) is 23.9 Å². The van der Waals surface area contributed by atoms with Crippen molar-refractivity contribution in [3.05, 3.63) is 58.5 Å². The summed E-state index contributed by atoms with van der Waals surface area (Å²) < 4.78 is 0. The topological polar surface area (TPSA) is 39.2 Å². The summed E-state index contributed by atoms with van der Waals surface area (Å²) in [6, 6.07) is 16.5. The number of nitrogens with zero attached hydrogens (tertiary/aromatic N) is 4. The van der Waals surface area contributed by atoms with Crippen LogP contribution >= 0.6 is 23.5 Å². The number of benzene rings is 2. The summed E-state index contributed by atoms with van der Waals surface area (Å²) in [6.45, 7) is 8.85. The standard InChI is InChI=1S/C23H26N4OS2/c1-5-26(6-2)17-14-12-16(13-15-17)24-23-27(7-3)21(28)20(30-23)22-25(4)18-10-8-9-11-19(18)29-22/h8-15H,5-7H2,1-4H3. The van der Waals surface area contributed by atoms with E-state index in [2.05, 4.69) is 47.9 Å². The van der Waals surface area contributed by atoms with Crippen LogP contribution in [0.25, 0.3) is 0 Å². The number of amidine groups is 1. The number of anilines is 2. The number of aliphatic imine (C=N–C) groups is 1. The number of carbonyl (C=O) groups is 1. The van der Waals surface area contributed by atoms with Crippen LogP contribution in [0.15, 0.2) is 68.4 Å². The van der Waals surface area contributed by atoms with Gasteiger partial charge in [0.25, 0.3) is 5.91 Å². The van der Waals surface area contributed by atoms with E-state index in [9.17, 15) is 4.79 Å². The number of hydrogen-bond acceptors (Lipinski definition) is 6. The van der Waals surface area contributed by atoms with Gasteiger partial charge in [0.05, 0.1) is 16.4 Å². The van der Waals surface area contributed by atoms with Gasteiger partial charge in [0.1, 0.15) is 4.91 Å². The van der Waals surface area contributed by atoms with Crippen molar-refractivity contribution in [3.8, 4) is 0 Å². The van der Waals surface area contributed by atoms with Gasteiger partial charge in [-0.15, -0.1) is 0 Å². The van der Waals surface area contributed by atoms with Gasteiger partial charge in [-0.3, -0.25) is 9.69 Å². The van der Waals surface area contributed by atoms with Crippen LogP contribution in [0.1, 0.15) is 20.8 Å². The lowest BCUT2D eigenvalue weighted by molar-refractivity contribution is -0.122. The Hall–Kier alpha value is -2.38. The zero-order valence-electron chi connectivity index (χ0n) is 17.8. The van der Waals surface area contributed by atoms with Crippen molar-refractivity contribution in [2.75, 3.05) is 36.5 Å². The summed E-state index contributed by atoms with van der Waals surface area (Å²) in [4.78, 5) is 26.1. The Labute approximate surface area is 186 Å². The third kappa shape index (κ3) is 3.72. The molecule has 0 atom stereocenters. The van der Waals surface area contributed by atoms with E-state index in [4.69, 9.17) is 4.99 Å². The molecule has 2 aliphatic rings. The minimum atomic E-state index is 0.0307. The van der Waals surface area contributed by atoms with E-state index in [1.165, 1.54) is 22.3 Å². The van der Waals surface area contributed by atoms with E-state index >= 15 is 0 Å². The molecule has 0 saturated carbocycles. The number of rotatable bonds is 5. The van der Waals surface area contributed by atoms with Crippen molar-refractivity contribution >= 4 is 51.7 Å². The van der Waals surface area contributed by atoms with Crippen LogP contribution in [-0.2, 0) is 4.79 Å². The molecule has 1 saturated heterocycles. The maximum Gasteiger partial charge on any atom is 0.269 e. The molecular weight excluding hydrogens is 412 g/mol. The molecule has 7 heteroatoms. The molecule has 1 fully saturated rings. The smallest absolute Gasteiger partial charge is 0.269 e. The molecule has 2 aliphatic heterocycles. The first-order valence-electron chi connectivity index (χ1n) is 10.3. The van der Waals surface area contributed by atoms with E-state index in [0.717, 1.165) is 39.6 Å². The van der Waals surface area contributed by atoms with E-state index in [1.54, 1.807) is 16.7 Å². The first-order chi connectivity index (χ1) is 14.6. The Morgan fingerprint density at radius 2 is 1.67 bits per heavy atom. The molecule has 4 rings (SSSR count). The minimum absolute atomic E-state index is 0.0307. The molecule has 156 valence electrons. The Kier molecular flexibility index (Phi) is 6.11. The Balaban J connectivity index is 1.64. The fourth-order valence-corrected chi connectivity index (χ4v) is 6.04. The average Bonchev–Trinajstić information content (AvgIpc) is 3.26. The average molecular weight is 439 g/mol. The molecule has 0 spiro atoms. The summed E-state index contributed by atoms with van der Waals surface area (Å²) in [7, 11) is 2.02. The van der Waals surface area contributed by atoms with Crippen LogP contribution in [0.5, 0.6) is 0 Å². The molecule has 30 heavy (non-hydrogen) atoms. The molecule has 0 bridgehead atoms. The number of thioether (sulfide) groups is 2. The third-order valence-corrected chi connectivity index (χ3v) is 7.75. The summed E-state index contributed by atoms with van der Waals surface area (Å²) >= 11 is 3.12. The molecule has 5 nitrogen and oxygen atoms in total. The molecule has 0 radical (unpaired) electrons. The van der Waals surface area contributed by atoms with Crippen LogP contribution in [0.4, 0.5) is 17.1 Å². The van der Waals surface area contributed by atoms with Gasteiger partial charge < -0.3 is 9.80 Å². The second-order valence-corrected chi connectivity index (χ2v) is 9.01. The fraction of sp³-hybridized carbons (Fsp3) is 0.304. The number of fused-ring (bicyclic) bond motifs is 1. The number of hydrogen-bond donors (Lipinski definition) is 0. The number of para-hydroxylation sites is 1. The zero-order chi connectivity index (χ0) is 21.3.